The van der Waals surface area contributed by atoms with E-state index in [1.807, 2.05) is 39.0 Å². The molecule has 0 bridgehead atoms. The largest absolute Gasteiger partial charge is 0.481 e. The Morgan fingerprint density at radius 2 is 1.89 bits per heavy atom. The van der Waals surface area contributed by atoms with Gasteiger partial charge in [-0.1, -0.05) is 19.1 Å². The van der Waals surface area contributed by atoms with Gasteiger partial charge in [-0.05, 0) is 72.0 Å². The van der Waals surface area contributed by atoms with Crippen molar-refractivity contribution in [3.8, 4) is 17.0 Å². The van der Waals surface area contributed by atoms with Crippen LogP contribution in [0.4, 0.5) is 10.2 Å². The number of hydrogen-bond donors (Lipinski definition) is 1. The van der Waals surface area contributed by atoms with E-state index in [-0.39, 0.29) is 17.5 Å². The molecule has 3 rings (SSSR count). The Balaban J connectivity index is 1.76. The lowest BCUT2D eigenvalue weighted by Gasteiger charge is -2.16. The summed E-state index contributed by atoms with van der Waals surface area (Å²) in [5, 5.41) is 10.4. The van der Waals surface area contributed by atoms with Gasteiger partial charge in [-0.2, -0.15) is 0 Å². The highest BCUT2D eigenvalue weighted by atomic mass is 19.1. The van der Waals surface area contributed by atoms with Crippen LogP contribution < -0.4 is 10.1 Å². The molecule has 0 aliphatic heterocycles. The molecule has 1 amide bonds. The molecule has 140 valence electrons. The number of nitrogens with one attached hydrogen (secondary N) is 1. The number of halogens is 1. The number of aryl methyl sites for hydroxylation is 2. The van der Waals surface area contributed by atoms with Gasteiger partial charge in [0.2, 0.25) is 5.82 Å². The predicted molar refractivity (Wildman–Crippen MR) is 98.9 cm³/mol. The lowest BCUT2D eigenvalue weighted by molar-refractivity contribution is -0.122. The first-order chi connectivity index (χ1) is 13.0. The van der Waals surface area contributed by atoms with Gasteiger partial charge in [0.25, 0.3) is 5.91 Å². The lowest BCUT2D eigenvalue weighted by atomic mass is 10.0. The Morgan fingerprint density at radius 3 is 2.56 bits per heavy atom. The summed E-state index contributed by atoms with van der Waals surface area (Å²) in [6.07, 6.45) is -0.340. The third-order valence-electron chi connectivity index (χ3n) is 4.27. The zero-order valence-electron chi connectivity index (χ0n) is 15.3. The molecule has 0 unspecified atom stereocenters. The molecule has 1 heterocycles. The molecule has 0 radical (unpaired) electrons. The molecule has 0 saturated heterocycles. The van der Waals surface area contributed by atoms with Crippen LogP contribution in [0.1, 0.15) is 24.5 Å². The first-order valence-electron chi connectivity index (χ1n) is 8.61. The van der Waals surface area contributed by atoms with Crippen molar-refractivity contribution in [1.82, 2.24) is 10.3 Å². The molecule has 3 aromatic rings. The van der Waals surface area contributed by atoms with E-state index in [0.717, 1.165) is 16.7 Å². The number of hydrogen-bond acceptors (Lipinski definition) is 5. The van der Waals surface area contributed by atoms with Crippen LogP contribution in [0.15, 0.2) is 47.1 Å². The fraction of sp³-hybridized carbons (Fsp3) is 0.250. The highest BCUT2D eigenvalue weighted by molar-refractivity contribution is 5.96. The maximum absolute atomic E-state index is 13.0. The van der Waals surface area contributed by atoms with E-state index in [9.17, 15) is 9.18 Å². The highest BCUT2D eigenvalue weighted by Crippen LogP contribution is 2.26. The molecule has 1 N–H and O–H groups in total. The summed E-state index contributed by atoms with van der Waals surface area (Å²) in [5.74, 6) is -0.121. The van der Waals surface area contributed by atoms with Crippen molar-refractivity contribution in [3.05, 3.63) is 59.4 Å². The smallest absolute Gasteiger partial charge is 0.266 e. The third-order valence-corrected chi connectivity index (χ3v) is 4.27. The minimum absolute atomic E-state index is 0.226. The van der Waals surface area contributed by atoms with Crippen LogP contribution in [0.2, 0.25) is 0 Å². The van der Waals surface area contributed by atoms with Gasteiger partial charge in [-0.25, -0.2) is 9.02 Å². The Hall–Kier alpha value is -3.22. The Morgan fingerprint density at radius 1 is 1.15 bits per heavy atom. The second kappa shape index (κ2) is 7.99. The minimum atomic E-state index is -0.764. The number of aromatic nitrogens is 2. The summed E-state index contributed by atoms with van der Waals surface area (Å²) in [5.41, 5.74) is 3.49. The number of nitrogens with zero attached hydrogens (tertiary/aromatic N) is 2. The van der Waals surface area contributed by atoms with Crippen molar-refractivity contribution in [2.45, 2.75) is 33.3 Å². The van der Waals surface area contributed by atoms with Crippen LogP contribution in [0.5, 0.6) is 5.75 Å². The van der Waals surface area contributed by atoms with E-state index < -0.39 is 6.10 Å². The first-order valence-corrected chi connectivity index (χ1v) is 8.61. The summed E-state index contributed by atoms with van der Waals surface area (Å²) in [6, 6.07) is 11.3. The molecule has 0 aliphatic carbocycles. The fourth-order valence-electron chi connectivity index (χ4n) is 2.55. The number of benzene rings is 2. The summed E-state index contributed by atoms with van der Waals surface area (Å²) in [6.45, 7) is 5.83. The highest BCUT2D eigenvalue weighted by Gasteiger charge is 2.22. The molecule has 1 atom stereocenters. The predicted octanol–water partition coefficient (Wildman–Crippen LogP) is 4.29. The average molecular weight is 369 g/mol. The quantitative estimate of drug-likeness (QED) is 0.701. The van der Waals surface area contributed by atoms with E-state index in [4.69, 9.17) is 9.37 Å². The van der Waals surface area contributed by atoms with Crippen molar-refractivity contribution < 1.29 is 18.6 Å². The zero-order valence-corrected chi connectivity index (χ0v) is 15.3. The molecule has 1 aromatic heterocycles. The number of amides is 1. The van der Waals surface area contributed by atoms with Crippen LogP contribution in [0.3, 0.4) is 0 Å². The number of carbonyl (C=O) groups excluding carboxylic acids is 1. The molecule has 27 heavy (non-hydrogen) atoms. The van der Waals surface area contributed by atoms with Crippen LogP contribution >= 0.6 is 0 Å². The lowest BCUT2D eigenvalue weighted by Crippen LogP contribution is -2.32. The van der Waals surface area contributed by atoms with Gasteiger partial charge in [-0.3, -0.25) is 4.79 Å². The molecular weight excluding hydrogens is 349 g/mol. The van der Waals surface area contributed by atoms with E-state index in [1.54, 1.807) is 0 Å². The normalized spacial score (nSPS) is 11.9. The third kappa shape index (κ3) is 4.31. The number of rotatable bonds is 6. The number of anilines is 1. The van der Waals surface area contributed by atoms with Crippen molar-refractivity contribution in [3.63, 3.8) is 0 Å². The van der Waals surface area contributed by atoms with Crippen molar-refractivity contribution in [2.75, 3.05) is 5.32 Å². The average Bonchev–Trinajstić information content (AvgIpc) is 3.11. The van der Waals surface area contributed by atoms with Crippen LogP contribution in [0, 0.1) is 19.7 Å². The molecule has 0 fully saturated rings. The van der Waals surface area contributed by atoms with E-state index >= 15 is 0 Å². The van der Waals surface area contributed by atoms with Gasteiger partial charge < -0.3 is 10.1 Å². The van der Waals surface area contributed by atoms with Gasteiger partial charge >= 0.3 is 0 Å². The second-order valence-corrected chi connectivity index (χ2v) is 6.22. The summed E-state index contributed by atoms with van der Waals surface area (Å²) in [7, 11) is 0. The van der Waals surface area contributed by atoms with E-state index in [2.05, 4.69) is 15.6 Å². The molecule has 0 aliphatic rings. The van der Waals surface area contributed by atoms with E-state index in [0.29, 0.717) is 17.9 Å². The second-order valence-electron chi connectivity index (χ2n) is 6.22. The van der Waals surface area contributed by atoms with Gasteiger partial charge in [-0.15, -0.1) is 0 Å². The van der Waals surface area contributed by atoms with Gasteiger partial charge in [0.1, 0.15) is 11.6 Å². The van der Waals surface area contributed by atoms with E-state index in [1.165, 1.54) is 24.3 Å². The van der Waals surface area contributed by atoms with Crippen molar-refractivity contribution in [1.29, 1.82) is 0 Å². The Bertz CT molecular complexity index is 938. The SMILES string of the molecule is CC[C@H](Oc1ccc(F)cc1)C(=O)Nc1nonc1-c1ccc(C)c(C)c1. The standard InChI is InChI=1S/C20H20FN3O3/c1-4-17(26-16-9-7-15(21)8-10-16)20(25)22-19-18(23-27-24-19)14-6-5-12(2)13(3)11-14/h5-11,17H,4H2,1-3H3,(H,22,24,25)/t17-/m0/s1. The molecule has 2 aromatic carbocycles. The molecule has 0 spiro atoms. The molecular formula is C20H20FN3O3. The Labute approximate surface area is 156 Å². The van der Waals surface area contributed by atoms with Crippen LogP contribution in [-0.4, -0.2) is 22.3 Å². The van der Waals surface area contributed by atoms with Crippen LogP contribution in [0.25, 0.3) is 11.3 Å². The van der Waals surface area contributed by atoms with Crippen LogP contribution in [-0.2, 0) is 4.79 Å². The molecule has 6 nitrogen and oxygen atoms in total. The summed E-state index contributed by atoms with van der Waals surface area (Å²) in [4.78, 5) is 12.6. The van der Waals surface area contributed by atoms with Gasteiger partial charge in [0.15, 0.2) is 11.8 Å². The first kappa shape index (κ1) is 18.6. The van der Waals surface area contributed by atoms with Gasteiger partial charge in [0.05, 0.1) is 0 Å². The molecule has 0 saturated carbocycles. The molecule has 7 heteroatoms. The number of carbonyl (C=O) groups is 1. The maximum Gasteiger partial charge on any atom is 0.266 e. The van der Waals surface area contributed by atoms with Crippen molar-refractivity contribution in [2.24, 2.45) is 0 Å². The van der Waals surface area contributed by atoms with Crippen molar-refractivity contribution >= 4 is 11.7 Å². The topological polar surface area (TPSA) is 77.2 Å². The fourth-order valence-corrected chi connectivity index (χ4v) is 2.55. The van der Waals surface area contributed by atoms with Gasteiger partial charge in [0, 0.05) is 5.56 Å². The zero-order chi connectivity index (χ0) is 19.4. The summed E-state index contributed by atoms with van der Waals surface area (Å²) < 4.78 is 23.5. The maximum atomic E-state index is 13.0. The summed E-state index contributed by atoms with van der Waals surface area (Å²) >= 11 is 0. The monoisotopic (exact) mass is 369 g/mol. The minimum Gasteiger partial charge on any atom is -0.481 e. The Kier molecular flexibility index (Phi) is 5.49. The number of ether oxygens (including phenoxy) is 1.